The molecule has 1 aromatic carbocycles. The van der Waals surface area contributed by atoms with Gasteiger partial charge in [-0.15, -0.1) is 0 Å². The maximum absolute atomic E-state index is 12.0. The molecule has 0 fully saturated rings. The van der Waals surface area contributed by atoms with E-state index in [-0.39, 0.29) is 11.1 Å². The van der Waals surface area contributed by atoms with Crippen molar-refractivity contribution in [1.82, 2.24) is 4.98 Å². The number of H-pyrrole nitrogens is 1. The van der Waals surface area contributed by atoms with Crippen molar-refractivity contribution in [1.29, 1.82) is 0 Å². The molecule has 2 rings (SSSR count). The van der Waals surface area contributed by atoms with Crippen molar-refractivity contribution in [2.75, 3.05) is 16.3 Å². The number of nitrogens with one attached hydrogen (secondary N) is 3. The van der Waals surface area contributed by atoms with E-state index in [1.165, 1.54) is 24.4 Å². The van der Waals surface area contributed by atoms with Crippen LogP contribution in [-0.2, 0) is 10.0 Å². The Balaban J connectivity index is 2.16. The third kappa shape index (κ3) is 4.46. The largest absolute Gasteiger partial charge is 0.328 e. The number of sulfonamides is 1. The Labute approximate surface area is 121 Å². The van der Waals surface area contributed by atoms with Crippen LogP contribution in [0.5, 0.6) is 0 Å². The molecule has 110 valence electrons. The lowest BCUT2D eigenvalue weighted by Gasteiger charge is -2.08. The highest BCUT2D eigenvalue weighted by atomic mass is 32.2. The number of benzene rings is 1. The smallest absolute Gasteiger partial charge is 0.257 e. The van der Waals surface area contributed by atoms with E-state index >= 15 is 0 Å². The normalized spacial score (nSPS) is 10.9. The Morgan fingerprint density at radius 2 is 1.86 bits per heavy atom. The molecule has 0 spiro atoms. The van der Waals surface area contributed by atoms with Gasteiger partial charge >= 0.3 is 0 Å². The first-order chi connectivity index (χ1) is 9.83. The fraction of sp³-hybridized carbons (Fsp3) is 0.0769. The van der Waals surface area contributed by atoms with Crippen molar-refractivity contribution in [3.8, 4) is 0 Å². The number of carbonyl (C=O) groups excluding carboxylic acids is 1. The number of anilines is 2. The minimum absolute atomic E-state index is 0.288. The summed E-state index contributed by atoms with van der Waals surface area (Å²) in [6.45, 7) is 0. The van der Waals surface area contributed by atoms with Crippen LogP contribution in [0, 0.1) is 0 Å². The van der Waals surface area contributed by atoms with Crippen molar-refractivity contribution >= 4 is 27.3 Å². The summed E-state index contributed by atoms with van der Waals surface area (Å²) in [5.41, 5.74) is 0.763. The van der Waals surface area contributed by atoms with E-state index in [1.54, 1.807) is 18.2 Å². The summed E-state index contributed by atoms with van der Waals surface area (Å²) in [6.07, 6.45) is 2.34. The first kappa shape index (κ1) is 14.8. The van der Waals surface area contributed by atoms with Crippen molar-refractivity contribution < 1.29 is 13.2 Å². The summed E-state index contributed by atoms with van der Waals surface area (Å²) >= 11 is 0. The molecule has 21 heavy (non-hydrogen) atoms. The lowest BCUT2D eigenvalue weighted by molar-refractivity contribution is 0.102. The number of aromatic nitrogens is 1. The number of hydrogen-bond donors (Lipinski definition) is 3. The summed E-state index contributed by atoms with van der Waals surface area (Å²) in [6, 6.07) is 8.93. The fourth-order valence-electron chi connectivity index (χ4n) is 1.63. The Hall–Kier alpha value is -2.61. The van der Waals surface area contributed by atoms with Gasteiger partial charge in [0.05, 0.1) is 17.5 Å². The van der Waals surface area contributed by atoms with Gasteiger partial charge in [-0.25, -0.2) is 8.42 Å². The number of hydrogen-bond acceptors (Lipinski definition) is 4. The van der Waals surface area contributed by atoms with Crippen molar-refractivity contribution in [2.24, 2.45) is 0 Å². The Bertz CT molecular complexity index is 807. The van der Waals surface area contributed by atoms with Crippen LogP contribution in [0.25, 0.3) is 0 Å². The summed E-state index contributed by atoms with van der Waals surface area (Å²) < 4.78 is 24.6. The molecule has 0 unspecified atom stereocenters. The SMILES string of the molecule is CS(=O)(=O)Nc1cccc(NC(=O)c2ccc(=O)[nH]c2)c1. The van der Waals surface area contributed by atoms with Crippen molar-refractivity contribution in [3.63, 3.8) is 0 Å². The molecule has 1 amide bonds. The van der Waals surface area contributed by atoms with Gasteiger partial charge < -0.3 is 10.3 Å². The number of aromatic amines is 1. The topological polar surface area (TPSA) is 108 Å². The maximum atomic E-state index is 12.0. The highest BCUT2D eigenvalue weighted by Gasteiger charge is 2.07. The van der Waals surface area contributed by atoms with Gasteiger partial charge in [-0.1, -0.05) is 6.07 Å². The van der Waals surface area contributed by atoms with Gasteiger partial charge in [0, 0.05) is 18.0 Å². The lowest BCUT2D eigenvalue weighted by Crippen LogP contribution is -2.15. The summed E-state index contributed by atoms with van der Waals surface area (Å²) in [7, 11) is -3.38. The van der Waals surface area contributed by atoms with Gasteiger partial charge in [0.2, 0.25) is 15.6 Å². The molecule has 2 aromatic rings. The molecule has 0 aliphatic heterocycles. The molecular formula is C13H13N3O4S. The van der Waals surface area contributed by atoms with E-state index in [0.29, 0.717) is 11.4 Å². The molecule has 1 heterocycles. The lowest BCUT2D eigenvalue weighted by atomic mass is 10.2. The zero-order chi connectivity index (χ0) is 15.5. The van der Waals surface area contributed by atoms with E-state index < -0.39 is 15.9 Å². The molecule has 3 N–H and O–H groups in total. The number of pyridine rings is 1. The van der Waals surface area contributed by atoms with Crippen LogP contribution >= 0.6 is 0 Å². The van der Waals surface area contributed by atoms with E-state index in [4.69, 9.17) is 0 Å². The number of rotatable bonds is 4. The Kier molecular flexibility index (Phi) is 4.08. The second-order valence-corrected chi connectivity index (χ2v) is 6.10. The molecule has 8 heteroatoms. The van der Waals surface area contributed by atoms with E-state index in [2.05, 4.69) is 15.0 Å². The molecule has 0 aliphatic rings. The second-order valence-electron chi connectivity index (χ2n) is 4.35. The molecule has 0 saturated heterocycles. The predicted molar refractivity (Wildman–Crippen MR) is 79.9 cm³/mol. The quantitative estimate of drug-likeness (QED) is 0.783. The molecule has 0 radical (unpaired) electrons. The van der Waals surface area contributed by atoms with Gasteiger partial charge in [0.15, 0.2) is 0 Å². The van der Waals surface area contributed by atoms with Gasteiger partial charge in [-0.3, -0.25) is 14.3 Å². The summed E-state index contributed by atoms with van der Waals surface area (Å²) in [4.78, 5) is 25.3. The zero-order valence-corrected chi connectivity index (χ0v) is 11.9. The van der Waals surface area contributed by atoms with E-state index in [9.17, 15) is 18.0 Å². The maximum Gasteiger partial charge on any atom is 0.257 e. The molecule has 7 nitrogen and oxygen atoms in total. The molecule has 0 saturated carbocycles. The average molecular weight is 307 g/mol. The third-order valence-electron chi connectivity index (χ3n) is 2.47. The summed E-state index contributed by atoms with van der Waals surface area (Å²) in [5, 5.41) is 2.61. The van der Waals surface area contributed by atoms with Gasteiger partial charge in [-0.2, -0.15) is 0 Å². The van der Waals surface area contributed by atoms with E-state index in [0.717, 1.165) is 6.26 Å². The van der Waals surface area contributed by atoms with Crippen LogP contribution in [0.15, 0.2) is 47.4 Å². The standard InChI is InChI=1S/C13H13N3O4S/c1-21(19,20)16-11-4-2-3-10(7-11)15-13(18)9-5-6-12(17)14-8-9/h2-8,16H,1H3,(H,14,17)(H,15,18). The van der Waals surface area contributed by atoms with Crippen molar-refractivity contribution in [3.05, 3.63) is 58.5 Å². The van der Waals surface area contributed by atoms with Crippen LogP contribution in [0.1, 0.15) is 10.4 Å². The third-order valence-corrected chi connectivity index (χ3v) is 3.08. The Morgan fingerprint density at radius 1 is 1.14 bits per heavy atom. The van der Waals surface area contributed by atoms with Crippen LogP contribution in [0.2, 0.25) is 0 Å². The molecule has 0 atom stereocenters. The van der Waals surface area contributed by atoms with Gasteiger partial charge in [0.25, 0.3) is 5.91 Å². The highest BCUT2D eigenvalue weighted by Crippen LogP contribution is 2.16. The minimum atomic E-state index is -3.38. The van der Waals surface area contributed by atoms with Crippen LogP contribution < -0.4 is 15.6 Å². The predicted octanol–water partition coefficient (Wildman–Crippen LogP) is 0.999. The average Bonchev–Trinajstić information content (AvgIpc) is 2.37. The first-order valence-electron chi connectivity index (χ1n) is 5.91. The van der Waals surface area contributed by atoms with Gasteiger partial charge in [-0.05, 0) is 24.3 Å². The zero-order valence-electron chi connectivity index (χ0n) is 11.1. The number of carbonyl (C=O) groups is 1. The molecule has 0 aliphatic carbocycles. The number of amides is 1. The highest BCUT2D eigenvalue weighted by molar-refractivity contribution is 7.92. The monoisotopic (exact) mass is 307 g/mol. The molecule has 0 bridgehead atoms. The first-order valence-corrected chi connectivity index (χ1v) is 7.80. The fourth-order valence-corrected chi connectivity index (χ4v) is 2.18. The van der Waals surface area contributed by atoms with Crippen LogP contribution in [0.3, 0.4) is 0 Å². The van der Waals surface area contributed by atoms with Crippen LogP contribution in [0.4, 0.5) is 11.4 Å². The summed E-state index contributed by atoms with van der Waals surface area (Å²) in [5.74, 6) is -0.414. The van der Waals surface area contributed by atoms with E-state index in [1.807, 2.05) is 0 Å². The second kappa shape index (κ2) is 5.80. The van der Waals surface area contributed by atoms with Crippen molar-refractivity contribution in [2.45, 2.75) is 0 Å². The minimum Gasteiger partial charge on any atom is -0.328 e. The van der Waals surface area contributed by atoms with Gasteiger partial charge in [0.1, 0.15) is 0 Å². The molecule has 1 aromatic heterocycles. The molecular weight excluding hydrogens is 294 g/mol. The Morgan fingerprint density at radius 3 is 2.48 bits per heavy atom. The van der Waals surface area contributed by atoms with Crippen LogP contribution in [-0.4, -0.2) is 25.6 Å².